The number of aromatic nitrogens is 1. The van der Waals surface area contributed by atoms with E-state index in [1.54, 1.807) is 18.2 Å². The van der Waals surface area contributed by atoms with Crippen molar-refractivity contribution in [2.45, 2.75) is 31.5 Å². The summed E-state index contributed by atoms with van der Waals surface area (Å²) in [6.45, 7) is 10.6. The van der Waals surface area contributed by atoms with Crippen molar-refractivity contribution in [3.05, 3.63) is 103 Å². The lowest BCUT2D eigenvalue weighted by molar-refractivity contribution is -0.985. The lowest BCUT2D eigenvalue weighted by Crippen LogP contribution is -3.00. The molecule has 6 heteroatoms. The number of nitrogens with zero attached hydrogens (tertiary/aromatic N) is 2. The molecule has 3 aliphatic heterocycles. The summed E-state index contributed by atoms with van der Waals surface area (Å²) in [5.74, 6) is -0.660. The molecule has 0 amide bonds. The number of hydrogen-bond donors (Lipinski definition) is 0. The summed E-state index contributed by atoms with van der Waals surface area (Å²) in [5.41, 5.74) is 2.45. The van der Waals surface area contributed by atoms with Crippen LogP contribution in [0, 0.1) is 23.5 Å². The largest absolute Gasteiger partial charge is 1.00 e. The minimum absolute atomic E-state index is 0. The number of hydrogen-bond acceptors (Lipinski definition) is 2. The van der Waals surface area contributed by atoms with E-state index in [-0.39, 0.29) is 29.1 Å². The van der Waals surface area contributed by atoms with E-state index in [9.17, 15) is 8.78 Å². The molecule has 0 saturated carbocycles. The summed E-state index contributed by atoms with van der Waals surface area (Å²) >= 11 is 0. The number of ether oxygens (including phenoxy) is 1. The number of para-hydroxylation sites is 1. The molecule has 3 nitrogen and oxygen atoms in total. The van der Waals surface area contributed by atoms with Gasteiger partial charge in [0.05, 0.1) is 25.2 Å². The van der Waals surface area contributed by atoms with Gasteiger partial charge in [-0.2, -0.15) is 0 Å². The van der Waals surface area contributed by atoms with Gasteiger partial charge in [-0.15, -0.1) is 13.2 Å². The Morgan fingerprint density at radius 3 is 2.74 bits per heavy atom. The van der Waals surface area contributed by atoms with E-state index in [2.05, 4.69) is 30.3 Å². The molecule has 0 aliphatic carbocycles. The lowest BCUT2D eigenvalue weighted by atomic mass is 9.71. The third-order valence-electron chi connectivity index (χ3n) is 7.92. The highest BCUT2D eigenvalue weighted by Gasteiger charge is 2.54. The van der Waals surface area contributed by atoms with Crippen molar-refractivity contribution >= 4 is 10.9 Å². The summed E-state index contributed by atoms with van der Waals surface area (Å²) in [4.78, 5) is 4.54. The maximum atomic E-state index is 14.9. The average molecular weight is 541 g/mol. The zero-order chi connectivity index (χ0) is 23.7. The van der Waals surface area contributed by atoms with Crippen LogP contribution in [0.15, 0.2) is 80.0 Å². The number of piperidine rings is 3. The molecule has 5 atom stereocenters. The SMILES string of the molecule is C=CCO[C@H](c1ccnc2ccccc12)C1CC2CC[N+]1(Cc1cccc(F)c1F)CC2C=C.[Br-]. The Morgan fingerprint density at radius 1 is 1.11 bits per heavy atom. The minimum atomic E-state index is -0.793. The van der Waals surface area contributed by atoms with Gasteiger partial charge in [-0.25, -0.2) is 8.78 Å². The van der Waals surface area contributed by atoms with Gasteiger partial charge in [0.25, 0.3) is 0 Å². The standard InChI is InChI=1S/C29H31F2N2O.BrH/c1-3-16-34-29(24-12-14-32-26-11-6-5-9-23(24)26)27-17-21-13-15-33(27,18-20(21)4-2)19-22-8-7-10-25(30)28(22)31;/h3-12,14,20-21,27,29H,1-2,13,15-19H2;1H/q+1;/p-1/t20?,21?,27?,29-,33?;/m1./s1. The van der Waals surface area contributed by atoms with E-state index in [1.807, 2.05) is 30.5 Å². The maximum absolute atomic E-state index is 14.9. The van der Waals surface area contributed by atoms with Crippen molar-refractivity contribution in [2.75, 3.05) is 19.7 Å². The summed E-state index contributed by atoms with van der Waals surface area (Å²) in [6.07, 6.45) is 7.45. The zero-order valence-corrected chi connectivity index (χ0v) is 21.3. The van der Waals surface area contributed by atoms with Crippen molar-refractivity contribution < 1.29 is 35.0 Å². The number of halogens is 3. The highest BCUT2D eigenvalue weighted by atomic mass is 79.9. The predicted octanol–water partition coefficient (Wildman–Crippen LogP) is 3.37. The van der Waals surface area contributed by atoms with Crippen LogP contribution < -0.4 is 17.0 Å². The van der Waals surface area contributed by atoms with Crippen LogP contribution in [0.1, 0.15) is 30.1 Å². The van der Waals surface area contributed by atoms with Crippen LogP contribution in [0.3, 0.4) is 0 Å². The third kappa shape index (κ3) is 4.72. The van der Waals surface area contributed by atoms with Crippen LogP contribution in [0.4, 0.5) is 8.78 Å². The molecule has 3 aliphatic rings. The predicted molar refractivity (Wildman–Crippen MR) is 131 cm³/mol. The second kappa shape index (κ2) is 10.7. The van der Waals surface area contributed by atoms with Crippen molar-refractivity contribution in [3.63, 3.8) is 0 Å². The molecule has 3 saturated heterocycles. The topological polar surface area (TPSA) is 22.1 Å². The number of fused-ring (bicyclic) bond motifs is 4. The first-order valence-electron chi connectivity index (χ1n) is 12.0. The van der Waals surface area contributed by atoms with Crippen LogP contribution in [0.5, 0.6) is 0 Å². The zero-order valence-electron chi connectivity index (χ0n) is 19.8. The summed E-state index contributed by atoms with van der Waals surface area (Å²) < 4.78 is 36.2. The normalized spacial score (nSPS) is 26.2. The van der Waals surface area contributed by atoms with Crippen molar-refractivity contribution in [1.29, 1.82) is 0 Å². The van der Waals surface area contributed by atoms with Gasteiger partial charge in [0.1, 0.15) is 18.7 Å². The van der Waals surface area contributed by atoms with E-state index in [1.165, 1.54) is 6.07 Å². The molecule has 3 fully saturated rings. The molecule has 0 N–H and O–H groups in total. The van der Waals surface area contributed by atoms with E-state index < -0.39 is 11.6 Å². The molecule has 4 unspecified atom stereocenters. The van der Waals surface area contributed by atoms with E-state index in [0.29, 0.717) is 35.0 Å². The van der Waals surface area contributed by atoms with Gasteiger partial charge in [0.2, 0.25) is 0 Å². The molecule has 2 bridgehead atoms. The summed E-state index contributed by atoms with van der Waals surface area (Å²) in [5, 5.41) is 1.07. The average Bonchev–Trinajstić information content (AvgIpc) is 2.87. The fourth-order valence-corrected chi connectivity index (χ4v) is 6.32. The molecule has 0 spiro atoms. The Labute approximate surface area is 216 Å². The van der Waals surface area contributed by atoms with E-state index >= 15 is 0 Å². The van der Waals surface area contributed by atoms with Gasteiger partial charge >= 0.3 is 0 Å². The molecule has 35 heavy (non-hydrogen) atoms. The van der Waals surface area contributed by atoms with Crippen LogP contribution >= 0.6 is 0 Å². The Hall–Kier alpha value is -2.41. The van der Waals surface area contributed by atoms with E-state index in [0.717, 1.165) is 42.4 Å². The van der Waals surface area contributed by atoms with Crippen molar-refractivity contribution in [3.8, 4) is 0 Å². The molecular weight excluding hydrogens is 510 g/mol. The highest BCUT2D eigenvalue weighted by molar-refractivity contribution is 5.82. The highest BCUT2D eigenvalue weighted by Crippen LogP contribution is 2.49. The van der Waals surface area contributed by atoms with Gasteiger partial charge in [0, 0.05) is 35.9 Å². The van der Waals surface area contributed by atoms with Gasteiger partial charge in [-0.3, -0.25) is 4.98 Å². The second-order valence-electron chi connectivity index (χ2n) is 9.71. The quantitative estimate of drug-likeness (QED) is 0.323. The Balaban J connectivity index is 0.00000289. The van der Waals surface area contributed by atoms with Crippen molar-refractivity contribution in [1.82, 2.24) is 4.98 Å². The maximum Gasteiger partial charge on any atom is 0.167 e. The fraction of sp³-hybridized carbons (Fsp3) is 0.345. The summed E-state index contributed by atoms with van der Waals surface area (Å²) in [7, 11) is 0. The second-order valence-corrected chi connectivity index (χ2v) is 9.71. The third-order valence-corrected chi connectivity index (χ3v) is 7.92. The Morgan fingerprint density at radius 2 is 1.94 bits per heavy atom. The fourth-order valence-electron chi connectivity index (χ4n) is 6.32. The van der Waals surface area contributed by atoms with Crippen LogP contribution in [-0.4, -0.2) is 35.2 Å². The molecular formula is C29H31BrF2N2O. The number of rotatable bonds is 8. The van der Waals surface area contributed by atoms with Crippen LogP contribution in [0.2, 0.25) is 0 Å². The van der Waals surface area contributed by atoms with Gasteiger partial charge in [0.15, 0.2) is 11.6 Å². The molecule has 4 heterocycles. The Bertz CT molecular complexity index is 1210. The minimum Gasteiger partial charge on any atom is -1.00 e. The molecule has 2 aromatic carbocycles. The number of quaternary nitrogens is 1. The van der Waals surface area contributed by atoms with Crippen LogP contribution in [-0.2, 0) is 11.3 Å². The smallest absolute Gasteiger partial charge is 0.167 e. The Kier molecular flexibility index (Phi) is 7.84. The molecule has 184 valence electrons. The first-order chi connectivity index (χ1) is 16.6. The van der Waals surface area contributed by atoms with Crippen molar-refractivity contribution in [2.24, 2.45) is 11.8 Å². The number of pyridine rings is 1. The molecule has 0 radical (unpaired) electrons. The van der Waals surface area contributed by atoms with Gasteiger partial charge in [-0.05, 0) is 29.7 Å². The first kappa shape index (κ1) is 25.7. The van der Waals surface area contributed by atoms with Gasteiger partial charge in [-0.1, -0.05) is 42.5 Å². The summed E-state index contributed by atoms with van der Waals surface area (Å²) in [6, 6.07) is 14.7. The van der Waals surface area contributed by atoms with Gasteiger partial charge < -0.3 is 26.2 Å². The first-order valence-corrected chi connectivity index (χ1v) is 12.0. The molecule has 1 aromatic heterocycles. The lowest BCUT2D eigenvalue weighted by Gasteiger charge is -2.58. The monoisotopic (exact) mass is 540 g/mol. The van der Waals surface area contributed by atoms with Crippen LogP contribution in [0.25, 0.3) is 10.9 Å². The number of benzene rings is 2. The molecule has 3 aromatic rings. The van der Waals surface area contributed by atoms with E-state index in [4.69, 9.17) is 4.74 Å². The molecule has 6 rings (SSSR count).